The summed E-state index contributed by atoms with van der Waals surface area (Å²) in [6, 6.07) is 6.74. The molecule has 0 spiro atoms. The van der Waals surface area contributed by atoms with Crippen LogP contribution in [0.1, 0.15) is 151 Å². The smallest absolute Gasteiger partial charge is 0.339 e. The van der Waals surface area contributed by atoms with Crippen molar-refractivity contribution in [3.8, 4) is 0 Å². The third-order valence-electron chi connectivity index (χ3n) is 6.75. The van der Waals surface area contributed by atoms with Gasteiger partial charge in [0.1, 0.15) is 0 Å². The Balaban J connectivity index is 0. The van der Waals surface area contributed by atoms with Crippen molar-refractivity contribution in [2.75, 3.05) is 39.6 Å². The standard InChI is InChI=1S/C24H38O4.C6H14O2.C5H12O2/c1-3-5-7-9-11-15-19-27-23(25)21-17-13-14-18-22(21)24(26)28-20-16-12-10-8-6-4-2;7-5-3-1-2-4-6-8;1-5(2,3-6)4-7/h13-14,17-18H,3-12,15-16,19-20H2,1-2H3;7-8H,1-6H2;6-7H,3-4H2,1-2H3. The zero-order valence-electron chi connectivity index (χ0n) is 27.8. The highest BCUT2D eigenvalue weighted by Crippen LogP contribution is 2.14. The Kier molecular flexibility index (Phi) is 31.5. The zero-order valence-corrected chi connectivity index (χ0v) is 27.8. The first-order chi connectivity index (χ1) is 20.7. The van der Waals surface area contributed by atoms with Crippen LogP contribution in [0.4, 0.5) is 0 Å². The Morgan fingerprint density at radius 3 is 1.19 bits per heavy atom. The Bertz CT molecular complexity index is 705. The van der Waals surface area contributed by atoms with Gasteiger partial charge in [-0.3, -0.25) is 0 Å². The molecule has 0 bridgehead atoms. The summed E-state index contributed by atoms with van der Waals surface area (Å²) >= 11 is 0. The van der Waals surface area contributed by atoms with Gasteiger partial charge in [-0.2, -0.15) is 0 Å². The highest BCUT2D eigenvalue weighted by atomic mass is 16.5. The summed E-state index contributed by atoms with van der Waals surface area (Å²) in [6.07, 6.45) is 17.5. The zero-order chi connectivity index (χ0) is 32.6. The van der Waals surface area contributed by atoms with Gasteiger partial charge in [-0.15, -0.1) is 0 Å². The van der Waals surface area contributed by atoms with Crippen LogP contribution in [0.5, 0.6) is 0 Å². The lowest BCUT2D eigenvalue weighted by molar-refractivity contribution is 0.0450. The van der Waals surface area contributed by atoms with E-state index in [0.29, 0.717) is 24.3 Å². The summed E-state index contributed by atoms with van der Waals surface area (Å²) in [5.74, 6) is -0.888. The van der Waals surface area contributed by atoms with Gasteiger partial charge in [0.15, 0.2) is 0 Å². The summed E-state index contributed by atoms with van der Waals surface area (Å²) in [5.41, 5.74) is 0.280. The second-order valence-corrected chi connectivity index (χ2v) is 11.7. The molecule has 0 amide bonds. The number of aliphatic hydroxyl groups excluding tert-OH is 4. The van der Waals surface area contributed by atoms with E-state index in [4.69, 9.17) is 29.9 Å². The van der Waals surface area contributed by atoms with E-state index >= 15 is 0 Å². The van der Waals surface area contributed by atoms with Gasteiger partial charge in [0.05, 0.1) is 37.6 Å². The van der Waals surface area contributed by atoms with Crippen molar-refractivity contribution in [3.63, 3.8) is 0 Å². The monoisotopic (exact) mass is 612 g/mol. The third-order valence-corrected chi connectivity index (χ3v) is 6.75. The molecule has 0 fully saturated rings. The fourth-order valence-electron chi connectivity index (χ4n) is 3.72. The molecule has 0 aromatic heterocycles. The van der Waals surface area contributed by atoms with Gasteiger partial charge < -0.3 is 29.9 Å². The molecule has 1 rings (SSSR count). The average Bonchev–Trinajstić information content (AvgIpc) is 3.02. The molecule has 0 aliphatic rings. The number of rotatable bonds is 23. The number of benzene rings is 1. The predicted molar refractivity (Wildman–Crippen MR) is 174 cm³/mol. The topological polar surface area (TPSA) is 134 Å². The van der Waals surface area contributed by atoms with Gasteiger partial charge in [-0.25, -0.2) is 9.59 Å². The van der Waals surface area contributed by atoms with Crippen LogP contribution in [0.15, 0.2) is 24.3 Å². The second kappa shape index (κ2) is 31.4. The molecule has 0 atom stereocenters. The Morgan fingerprint density at radius 2 is 0.884 bits per heavy atom. The highest BCUT2D eigenvalue weighted by Gasteiger charge is 2.18. The Labute approximate surface area is 262 Å². The van der Waals surface area contributed by atoms with E-state index in [1.165, 1.54) is 51.4 Å². The van der Waals surface area contributed by atoms with Crippen molar-refractivity contribution in [1.82, 2.24) is 0 Å². The molecular weight excluding hydrogens is 548 g/mol. The summed E-state index contributed by atoms with van der Waals surface area (Å²) in [5, 5.41) is 33.5. The number of ether oxygens (including phenoxy) is 2. The normalized spacial score (nSPS) is 10.7. The molecule has 0 aliphatic heterocycles. The summed E-state index contributed by atoms with van der Waals surface area (Å²) in [4.78, 5) is 24.7. The van der Waals surface area contributed by atoms with Crippen molar-refractivity contribution in [2.45, 2.75) is 130 Å². The van der Waals surface area contributed by atoms with E-state index in [-0.39, 0.29) is 31.8 Å². The van der Waals surface area contributed by atoms with Crippen molar-refractivity contribution < 1.29 is 39.5 Å². The first-order valence-corrected chi connectivity index (χ1v) is 16.6. The maximum absolute atomic E-state index is 12.4. The van der Waals surface area contributed by atoms with Gasteiger partial charge in [0.2, 0.25) is 0 Å². The SMILES string of the molecule is CC(C)(CO)CO.CCCCCCCCOC(=O)c1ccccc1C(=O)OCCCCCCCC.OCCCCCCO. The molecular formula is C35H64O8. The summed E-state index contributed by atoms with van der Waals surface area (Å²) in [6.45, 7) is 9.43. The maximum atomic E-state index is 12.4. The quantitative estimate of drug-likeness (QED) is 0.0750. The number of carbonyl (C=O) groups is 2. The van der Waals surface area contributed by atoms with Crippen LogP contribution in [0.3, 0.4) is 0 Å². The van der Waals surface area contributed by atoms with Crippen LogP contribution < -0.4 is 0 Å². The number of hydrogen-bond acceptors (Lipinski definition) is 8. The molecule has 8 nitrogen and oxygen atoms in total. The van der Waals surface area contributed by atoms with Crippen molar-refractivity contribution >= 4 is 11.9 Å². The second-order valence-electron chi connectivity index (χ2n) is 11.7. The van der Waals surface area contributed by atoms with E-state index in [1.54, 1.807) is 38.1 Å². The van der Waals surface area contributed by atoms with E-state index in [9.17, 15) is 9.59 Å². The molecule has 0 saturated heterocycles. The number of hydrogen-bond donors (Lipinski definition) is 4. The Hall–Kier alpha value is -2.00. The van der Waals surface area contributed by atoms with Crippen LogP contribution in [-0.2, 0) is 9.47 Å². The van der Waals surface area contributed by atoms with Gasteiger partial charge in [-0.1, -0.05) is 117 Å². The lowest BCUT2D eigenvalue weighted by atomic mass is 9.97. The van der Waals surface area contributed by atoms with Crippen LogP contribution in [-0.4, -0.2) is 72.0 Å². The fourth-order valence-corrected chi connectivity index (χ4v) is 3.72. The molecule has 8 heteroatoms. The Morgan fingerprint density at radius 1 is 0.558 bits per heavy atom. The van der Waals surface area contributed by atoms with E-state index < -0.39 is 11.9 Å². The van der Waals surface area contributed by atoms with Crippen molar-refractivity contribution in [3.05, 3.63) is 35.4 Å². The van der Waals surface area contributed by atoms with Gasteiger partial charge >= 0.3 is 11.9 Å². The van der Waals surface area contributed by atoms with Gasteiger partial charge in [-0.05, 0) is 37.8 Å². The number of unbranched alkanes of at least 4 members (excludes halogenated alkanes) is 13. The van der Waals surface area contributed by atoms with Gasteiger partial charge in [0, 0.05) is 18.6 Å². The lowest BCUT2D eigenvalue weighted by Gasteiger charge is -2.16. The molecule has 0 radical (unpaired) electrons. The molecule has 252 valence electrons. The molecule has 1 aromatic rings. The van der Waals surface area contributed by atoms with E-state index in [0.717, 1.165) is 51.4 Å². The van der Waals surface area contributed by atoms with Crippen LogP contribution in [0, 0.1) is 5.41 Å². The van der Waals surface area contributed by atoms with Crippen LogP contribution in [0.25, 0.3) is 0 Å². The lowest BCUT2D eigenvalue weighted by Crippen LogP contribution is -2.20. The molecule has 0 saturated carbocycles. The maximum Gasteiger partial charge on any atom is 0.339 e. The van der Waals surface area contributed by atoms with Crippen molar-refractivity contribution in [1.29, 1.82) is 0 Å². The van der Waals surface area contributed by atoms with Crippen LogP contribution >= 0.6 is 0 Å². The van der Waals surface area contributed by atoms with Crippen molar-refractivity contribution in [2.24, 2.45) is 5.41 Å². The molecule has 0 aliphatic carbocycles. The fraction of sp³-hybridized carbons (Fsp3) is 0.771. The first-order valence-electron chi connectivity index (χ1n) is 16.6. The minimum atomic E-state index is -0.444. The first kappa shape index (κ1) is 43.1. The third kappa shape index (κ3) is 27.3. The number of aliphatic hydroxyl groups is 4. The largest absolute Gasteiger partial charge is 0.462 e. The summed E-state index contributed by atoms with van der Waals surface area (Å²) in [7, 11) is 0. The minimum absolute atomic E-state index is 0.0451. The minimum Gasteiger partial charge on any atom is -0.462 e. The molecule has 1 aromatic carbocycles. The highest BCUT2D eigenvalue weighted by molar-refractivity contribution is 6.03. The molecule has 43 heavy (non-hydrogen) atoms. The van der Waals surface area contributed by atoms with E-state index in [2.05, 4.69) is 13.8 Å². The number of carbonyl (C=O) groups excluding carboxylic acids is 2. The molecule has 0 heterocycles. The predicted octanol–water partition coefficient (Wildman–Crippen LogP) is 7.25. The van der Waals surface area contributed by atoms with Crippen LogP contribution in [0.2, 0.25) is 0 Å². The molecule has 0 unspecified atom stereocenters. The van der Waals surface area contributed by atoms with Gasteiger partial charge in [0.25, 0.3) is 0 Å². The number of esters is 2. The van der Waals surface area contributed by atoms with E-state index in [1.807, 2.05) is 0 Å². The molecule has 4 N–H and O–H groups in total. The average molecular weight is 613 g/mol. The summed E-state index contributed by atoms with van der Waals surface area (Å²) < 4.78 is 10.7.